The normalized spacial score (nSPS) is 11.4. The monoisotopic (exact) mass is 284 g/mol. The Morgan fingerprint density at radius 1 is 1.50 bits per heavy atom. The van der Waals surface area contributed by atoms with Gasteiger partial charge in [0.05, 0.1) is 0 Å². The minimum Gasteiger partial charge on any atom is -0.326 e. The number of nitrogens with one attached hydrogen (secondary N) is 1. The number of hydrogen-bond donors (Lipinski definition) is 2. The van der Waals surface area contributed by atoms with Crippen LogP contribution in [0, 0.1) is 6.92 Å². The minimum absolute atomic E-state index is 0.186. The molecule has 6 nitrogen and oxygen atoms in total. The molecule has 0 spiro atoms. The van der Waals surface area contributed by atoms with Gasteiger partial charge in [-0.25, -0.2) is 8.42 Å². The van der Waals surface area contributed by atoms with Crippen molar-refractivity contribution in [2.45, 2.75) is 18.4 Å². The first-order valence-corrected chi connectivity index (χ1v) is 7.48. The topological polar surface area (TPSA) is 98.0 Å². The van der Waals surface area contributed by atoms with E-state index in [2.05, 4.69) is 14.9 Å². The fraction of sp³-hybridized carbons (Fsp3) is 0.200. The molecule has 0 aliphatic rings. The maximum Gasteiger partial charge on any atom is 0.264 e. The third-order valence-corrected chi connectivity index (χ3v) is 5.09. The van der Waals surface area contributed by atoms with Crippen LogP contribution in [0.2, 0.25) is 0 Å². The standard InChI is InChI=1S/C10H12N4O2S2/c1-7-6-17-8(5-11)10(7)18(15,16)14-9-3-2-4-12-13-9/h2-4,6H,5,11H2,1H3,(H,13,14). The molecule has 0 saturated heterocycles. The molecule has 8 heteroatoms. The van der Waals surface area contributed by atoms with Crippen LogP contribution in [0.15, 0.2) is 28.6 Å². The summed E-state index contributed by atoms with van der Waals surface area (Å²) in [4.78, 5) is 0.865. The van der Waals surface area contributed by atoms with Gasteiger partial charge in [0.25, 0.3) is 10.0 Å². The second kappa shape index (κ2) is 5.01. The van der Waals surface area contributed by atoms with Crippen LogP contribution < -0.4 is 10.5 Å². The molecule has 0 fully saturated rings. The maximum atomic E-state index is 12.2. The first kappa shape index (κ1) is 12.9. The molecule has 0 bridgehead atoms. The molecule has 0 aromatic carbocycles. The summed E-state index contributed by atoms with van der Waals surface area (Å²) >= 11 is 1.33. The van der Waals surface area contributed by atoms with E-state index >= 15 is 0 Å². The van der Waals surface area contributed by atoms with E-state index in [4.69, 9.17) is 5.73 Å². The van der Waals surface area contributed by atoms with Crippen LogP contribution in [-0.2, 0) is 16.6 Å². The molecule has 96 valence electrons. The molecule has 2 heterocycles. The van der Waals surface area contributed by atoms with Gasteiger partial charge in [0, 0.05) is 17.6 Å². The number of aryl methyl sites for hydroxylation is 1. The number of nitrogens with two attached hydrogens (primary N) is 1. The zero-order valence-electron chi connectivity index (χ0n) is 9.62. The van der Waals surface area contributed by atoms with Crippen LogP contribution in [0.5, 0.6) is 0 Å². The van der Waals surface area contributed by atoms with Crippen molar-refractivity contribution < 1.29 is 8.42 Å². The predicted molar refractivity (Wildman–Crippen MR) is 69.8 cm³/mol. The molecule has 0 saturated carbocycles. The molecule has 0 radical (unpaired) electrons. The van der Waals surface area contributed by atoms with Crippen molar-refractivity contribution in [1.82, 2.24) is 10.2 Å². The molecular formula is C10H12N4O2S2. The molecule has 0 amide bonds. The fourth-order valence-electron chi connectivity index (χ4n) is 1.53. The number of anilines is 1. The Hall–Kier alpha value is -1.51. The Labute approximate surface area is 109 Å². The molecule has 0 aliphatic heterocycles. The van der Waals surface area contributed by atoms with Crippen molar-refractivity contribution in [3.63, 3.8) is 0 Å². The minimum atomic E-state index is -3.67. The van der Waals surface area contributed by atoms with Crippen LogP contribution >= 0.6 is 11.3 Å². The van der Waals surface area contributed by atoms with E-state index in [0.717, 1.165) is 0 Å². The SMILES string of the molecule is Cc1csc(CN)c1S(=O)(=O)Nc1cccnn1. The lowest BCUT2D eigenvalue weighted by molar-refractivity contribution is 0.599. The molecule has 0 unspecified atom stereocenters. The predicted octanol–water partition coefficient (Wildman–Crippen LogP) is 1.11. The zero-order valence-corrected chi connectivity index (χ0v) is 11.3. The van der Waals surface area contributed by atoms with Crippen molar-refractivity contribution in [2.75, 3.05) is 4.72 Å². The number of sulfonamides is 1. The van der Waals surface area contributed by atoms with E-state index in [-0.39, 0.29) is 17.3 Å². The molecule has 2 rings (SSSR count). The first-order valence-electron chi connectivity index (χ1n) is 5.12. The van der Waals surface area contributed by atoms with Crippen LogP contribution in [0.25, 0.3) is 0 Å². The van der Waals surface area contributed by atoms with Crippen molar-refractivity contribution in [3.8, 4) is 0 Å². The fourth-order valence-corrected chi connectivity index (χ4v) is 4.24. The summed E-state index contributed by atoms with van der Waals surface area (Å²) in [5, 5.41) is 9.08. The number of thiophene rings is 1. The van der Waals surface area contributed by atoms with E-state index in [1.807, 2.05) is 0 Å². The lowest BCUT2D eigenvalue weighted by atomic mass is 10.3. The molecule has 0 aliphatic carbocycles. The second-order valence-corrected chi connectivity index (χ2v) is 6.17. The highest BCUT2D eigenvalue weighted by Crippen LogP contribution is 2.27. The van der Waals surface area contributed by atoms with Crippen molar-refractivity contribution in [1.29, 1.82) is 0 Å². The van der Waals surface area contributed by atoms with Crippen LogP contribution in [-0.4, -0.2) is 18.6 Å². The number of rotatable bonds is 4. The van der Waals surface area contributed by atoms with Gasteiger partial charge in [0.2, 0.25) is 0 Å². The highest BCUT2D eigenvalue weighted by atomic mass is 32.2. The van der Waals surface area contributed by atoms with Gasteiger partial charge in [0.1, 0.15) is 4.90 Å². The Balaban J connectivity index is 2.40. The Morgan fingerprint density at radius 2 is 2.28 bits per heavy atom. The maximum absolute atomic E-state index is 12.2. The highest BCUT2D eigenvalue weighted by Gasteiger charge is 2.22. The largest absolute Gasteiger partial charge is 0.326 e. The summed E-state index contributed by atoms with van der Waals surface area (Å²) in [5.74, 6) is 0.186. The van der Waals surface area contributed by atoms with Gasteiger partial charge in [-0.2, -0.15) is 5.10 Å². The van der Waals surface area contributed by atoms with Crippen molar-refractivity contribution in [2.24, 2.45) is 5.73 Å². The Morgan fingerprint density at radius 3 is 2.89 bits per heavy atom. The third kappa shape index (κ3) is 2.50. The van der Waals surface area contributed by atoms with Crippen LogP contribution in [0.1, 0.15) is 10.4 Å². The zero-order chi connectivity index (χ0) is 13.2. The molecule has 2 aromatic rings. The van der Waals surface area contributed by atoms with Crippen molar-refractivity contribution >= 4 is 27.2 Å². The highest BCUT2D eigenvalue weighted by molar-refractivity contribution is 7.93. The van der Waals surface area contributed by atoms with Gasteiger partial charge in [-0.1, -0.05) is 0 Å². The lowest BCUT2D eigenvalue weighted by Crippen LogP contribution is -2.16. The van der Waals surface area contributed by atoms with E-state index < -0.39 is 10.0 Å². The summed E-state index contributed by atoms with van der Waals surface area (Å²) in [7, 11) is -3.67. The van der Waals surface area contributed by atoms with E-state index in [9.17, 15) is 8.42 Å². The average molecular weight is 284 g/mol. The van der Waals surface area contributed by atoms with Gasteiger partial charge in [-0.3, -0.25) is 4.72 Å². The third-order valence-electron chi connectivity index (χ3n) is 2.25. The Kier molecular flexibility index (Phi) is 3.60. The van der Waals surface area contributed by atoms with Crippen molar-refractivity contribution in [3.05, 3.63) is 34.2 Å². The number of hydrogen-bond acceptors (Lipinski definition) is 6. The van der Waals surface area contributed by atoms with Crippen LogP contribution in [0.4, 0.5) is 5.82 Å². The summed E-state index contributed by atoms with van der Waals surface area (Å²) in [6.45, 7) is 1.93. The summed E-state index contributed by atoms with van der Waals surface area (Å²) in [6.07, 6.45) is 1.47. The Bertz CT molecular complexity index is 637. The van der Waals surface area contributed by atoms with Gasteiger partial charge in [-0.05, 0) is 30.0 Å². The molecule has 18 heavy (non-hydrogen) atoms. The van der Waals surface area contributed by atoms with Gasteiger partial charge < -0.3 is 5.73 Å². The van der Waals surface area contributed by atoms with Gasteiger partial charge in [0.15, 0.2) is 5.82 Å². The molecule has 0 atom stereocenters. The van der Waals surface area contributed by atoms with Gasteiger partial charge in [-0.15, -0.1) is 16.4 Å². The van der Waals surface area contributed by atoms with Gasteiger partial charge >= 0.3 is 0 Å². The summed E-state index contributed by atoms with van der Waals surface area (Å²) in [6, 6.07) is 3.14. The first-order chi connectivity index (χ1) is 8.54. The quantitative estimate of drug-likeness (QED) is 0.876. The number of nitrogens with zero attached hydrogens (tertiary/aromatic N) is 2. The van der Waals surface area contributed by atoms with Crippen LogP contribution in [0.3, 0.4) is 0 Å². The summed E-state index contributed by atoms with van der Waals surface area (Å²) in [5.41, 5.74) is 6.22. The average Bonchev–Trinajstić information content (AvgIpc) is 2.72. The van der Waals surface area contributed by atoms with E-state index in [0.29, 0.717) is 10.4 Å². The molecule has 2 aromatic heterocycles. The smallest absolute Gasteiger partial charge is 0.264 e. The van der Waals surface area contributed by atoms with E-state index in [1.165, 1.54) is 23.6 Å². The lowest BCUT2D eigenvalue weighted by Gasteiger charge is -2.08. The van der Waals surface area contributed by atoms with E-state index in [1.54, 1.807) is 18.4 Å². The molecule has 3 N–H and O–H groups in total. The second-order valence-electron chi connectivity index (χ2n) is 3.59. The summed E-state index contributed by atoms with van der Waals surface area (Å²) < 4.78 is 26.9. The number of aromatic nitrogens is 2. The molecular weight excluding hydrogens is 272 g/mol.